The zero-order chi connectivity index (χ0) is 11.7. The second-order valence-electron chi connectivity index (χ2n) is 3.45. The Morgan fingerprint density at radius 2 is 2.12 bits per heavy atom. The van der Waals surface area contributed by atoms with Crippen LogP contribution in [0.3, 0.4) is 0 Å². The molecule has 2 rings (SSSR count). The standard InChI is InChI=1S/C10H9F3N2S/c1-5-4-14-10(16-5)15-8-3-6(11)2-7(12)9(8)13/h2-3,5H,4H2,1H3,(H,14,15). The number of nitrogens with zero attached hydrogens (tertiary/aromatic N) is 1. The van der Waals surface area contributed by atoms with Gasteiger partial charge in [-0.25, -0.2) is 13.2 Å². The summed E-state index contributed by atoms with van der Waals surface area (Å²) in [5.74, 6) is -3.12. The monoisotopic (exact) mass is 246 g/mol. The fourth-order valence-electron chi connectivity index (χ4n) is 1.31. The third-order valence-corrected chi connectivity index (χ3v) is 3.05. The molecule has 0 spiro atoms. The van der Waals surface area contributed by atoms with Crippen molar-refractivity contribution in [1.82, 2.24) is 0 Å². The first-order valence-corrected chi connectivity index (χ1v) is 5.57. The summed E-state index contributed by atoms with van der Waals surface area (Å²) in [5, 5.41) is 3.36. The van der Waals surface area contributed by atoms with E-state index in [0.29, 0.717) is 23.0 Å². The first-order valence-electron chi connectivity index (χ1n) is 4.69. The molecule has 2 nitrogen and oxygen atoms in total. The van der Waals surface area contributed by atoms with Crippen molar-refractivity contribution >= 4 is 22.6 Å². The van der Waals surface area contributed by atoms with Crippen molar-refractivity contribution < 1.29 is 13.2 Å². The van der Waals surface area contributed by atoms with E-state index in [1.807, 2.05) is 6.92 Å². The maximum Gasteiger partial charge on any atom is 0.182 e. The van der Waals surface area contributed by atoms with E-state index in [4.69, 9.17) is 0 Å². The van der Waals surface area contributed by atoms with Gasteiger partial charge in [0.05, 0.1) is 12.2 Å². The molecule has 0 aliphatic carbocycles. The number of hydrogen-bond acceptors (Lipinski definition) is 3. The Kier molecular flexibility index (Phi) is 3.09. The van der Waals surface area contributed by atoms with Gasteiger partial charge in [0.2, 0.25) is 0 Å². The summed E-state index contributed by atoms with van der Waals surface area (Å²) in [7, 11) is 0. The number of benzene rings is 1. The summed E-state index contributed by atoms with van der Waals surface area (Å²) in [4.78, 5) is 4.07. The topological polar surface area (TPSA) is 24.4 Å². The van der Waals surface area contributed by atoms with E-state index < -0.39 is 17.5 Å². The number of aliphatic imine (C=N–C) groups is 1. The number of halogens is 3. The number of anilines is 1. The van der Waals surface area contributed by atoms with E-state index in [2.05, 4.69) is 10.3 Å². The van der Waals surface area contributed by atoms with Crippen LogP contribution in [-0.2, 0) is 0 Å². The van der Waals surface area contributed by atoms with Crippen molar-refractivity contribution in [3.63, 3.8) is 0 Å². The molecule has 1 atom stereocenters. The smallest absolute Gasteiger partial charge is 0.182 e. The maximum atomic E-state index is 13.3. The molecule has 0 bridgehead atoms. The third-order valence-electron chi connectivity index (χ3n) is 2.04. The Hall–Kier alpha value is -1.17. The highest BCUT2D eigenvalue weighted by molar-refractivity contribution is 8.15. The summed E-state index contributed by atoms with van der Waals surface area (Å²) in [6, 6.07) is 1.41. The lowest BCUT2D eigenvalue weighted by atomic mass is 10.3. The number of rotatable bonds is 1. The Morgan fingerprint density at radius 1 is 1.38 bits per heavy atom. The van der Waals surface area contributed by atoms with Crippen molar-refractivity contribution in [3.05, 3.63) is 29.6 Å². The van der Waals surface area contributed by atoms with Crippen LogP contribution in [0.15, 0.2) is 17.1 Å². The Bertz CT molecular complexity index is 448. The van der Waals surface area contributed by atoms with Crippen LogP contribution in [0.5, 0.6) is 0 Å². The Morgan fingerprint density at radius 3 is 2.75 bits per heavy atom. The Labute approximate surface area is 95.0 Å². The fourth-order valence-corrected chi connectivity index (χ4v) is 2.16. The number of amidine groups is 1. The molecule has 0 saturated carbocycles. The molecule has 1 N–H and O–H groups in total. The van der Waals surface area contributed by atoms with Gasteiger partial charge >= 0.3 is 0 Å². The van der Waals surface area contributed by atoms with Crippen LogP contribution in [0.4, 0.5) is 18.9 Å². The van der Waals surface area contributed by atoms with Gasteiger partial charge in [0.1, 0.15) is 5.82 Å². The summed E-state index contributed by atoms with van der Waals surface area (Å²) in [6.07, 6.45) is 0. The van der Waals surface area contributed by atoms with E-state index in [9.17, 15) is 13.2 Å². The van der Waals surface area contributed by atoms with Gasteiger partial charge in [0.15, 0.2) is 16.8 Å². The molecule has 1 heterocycles. The minimum absolute atomic E-state index is 0.224. The van der Waals surface area contributed by atoms with Gasteiger partial charge in [0.25, 0.3) is 0 Å². The number of hydrogen-bond donors (Lipinski definition) is 1. The van der Waals surface area contributed by atoms with Gasteiger partial charge < -0.3 is 5.32 Å². The van der Waals surface area contributed by atoms with E-state index >= 15 is 0 Å². The van der Waals surface area contributed by atoms with Crippen LogP contribution in [0.1, 0.15) is 6.92 Å². The van der Waals surface area contributed by atoms with Crippen LogP contribution in [0.2, 0.25) is 0 Å². The fraction of sp³-hybridized carbons (Fsp3) is 0.300. The lowest BCUT2D eigenvalue weighted by Gasteiger charge is -2.07. The molecule has 0 aromatic heterocycles. The van der Waals surface area contributed by atoms with Crippen LogP contribution < -0.4 is 5.32 Å². The summed E-state index contributed by atoms with van der Waals surface area (Å²) >= 11 is 1.41. The van der Waals surface area contributed by atoms with Gasteiger partial charge in [-0.05, 0) is 0 Å². The highest BCUT2D eigenvalue weighted by atomic mass is 32.2. The molecule has 16 heavy (non-hydrogen) atoms. The van der Waals surface area contributed by atoms with Crippen LogP contribution in [-0.4, -0.2) is 17.0 Å². The highest BCUT2D eigenvalue weighted by Crippen LogP contribution is 2.25. The van der Waals surface area contributed by atoms with E-state index in [-0.39, 0.29) is 5.69 Å². The van der Waals surface area contributed by atoms with E-state index in [1.54, 1.807) is 0 Å². The first-order chi connectivity index (χ1) is 7.56. The molecule has 1 unspecified atom stereocenters. The molecule has 0 saturated heterocycles. The van der Waals surface area contributed by atoms with Gasteiger partial charge in [-0.2, -0.15) is 0 Å². The SMILES string of the molecule is CC1CN=C(Nc2cc(F)cc(F)c2F)S1. The maximum absolute atomic E-state index is 13.3. The second-order valence-corrected chi connectivity index (χ2v) is 4.88. The van der Waals surface area contributed by atoms with Crippen molar-refractivity contribution in [1.29, 1.82) is 0 Å². The predicted molar refractivity (Wildman–Crippen MR) is 59.3 cm³/mol. The number of thioether (sulfide) groups is 1. The van der Waals surface area contributed by atoms with Gasteiger partial charge in [-0.1, -0.05) is 18.7 Å². The lowest BCUT2D eigenvalue weighted by molar-refractivity contribution is 0.498. The van der Waals surface area contributed by atoms with Crippen molar-refractivity contribution in [2.45, 2.75) is 12.2 Å². The molecule has 1 aliphatic rings. The zero-order valence-corrected chi connectivity index (χ0v) is 9.25. The van der Waals surface area contributed by atoms with Crippen LogP contribution >= 0.6 is 11.8 Å². The quantitative estimate of drug-likeness (QED) is 0.770. The summed E-state index contributed by atoms with van der Waals surface area (Å²) in [5.41, 5.74) is -0.224. The minimum atomic E-state index is -1.21. The largest absolute Gasteiger partial charge is 0.332 e. The molecule has 1 aliphatic heterocycles. The van der Waals surface area contributed by atoms with Crippen molar-refractivity contribution in [2.24, 2.45) is 4.99 Å². The van der Waals surface area contributed by atoms with E-state index in [0.717, 1.165) is 6.07 Å². The third kappa shape index (κ3) is 2.32. The van der Waals surface area contributed by atoms with Gasteiger partial charge in [0, 0.05) is 17.4 Å². The second kappa shape index (κ2) is 4.37. The first kappa shape index (κ1) is 11.3. The summed E-state index contributed by atoms with van der Waals surface area (Å²) in [6.45, 7) is 2.58. The molecule has 1 aromatic carbocycles. The molecule has 1 aromatic rings. The van der Waals surface area contributed by atoms with Crippen LogP contribution in [0, 0.1) is 17.5 Å². The van der Waals surface area contributed by atoms with Gasteiger partial charge in [-0.15, -0.1) is 0 Å². The molecular weight excluding hydrogens is 237 g/mol. The van der Waals surface area contributed by atoms with Gasteiger partial charge in [-0.3, -0.25) is 4.99 Å². The molecule has 0 radical (unpaired) electrons. The molecule has 0 amide bonds. The molecule has 6 heteroatoms. The average Bonchev–Trinajstić information content (AvgIpc) is 2.60. The molecular formula is C10H9F3N2S. The van der Waals surface area contributed by atoms with Crippen molar-refractivity contribution in [2.75, 3.05) is 11.9 Å². The molecule has 86 valence electrons. The van der Waals surface area contributed by atoms with Crippen LogP contribution in [0.25, 0.3) is 0 Å². The normalized spacial score (nSPS) is 19.8. The van der Waals surface area contributed by atoms with E-state index in [1.165, 1.54) is 11.8 Å². The number of nitrogens with one attached hydrogen (secondary N) is 1. The predicted octanol–water partition coefficient (Wildman–Crippen LogP) is 3.01. The summed E-state index contributed by atoms with van der Waals surface area (Å²) < 4.78 is 39.0. The van der Waals surface area contributed by atoms with Crippen molar-refractivity contribution in [3.8, 4) is 0 Å². The molecule has 0 fully saturated rings. The average molecular weight is 246 g/mol. The lowest BCUT2D eigenvalue weighted by Crippen LogP contribution is -2.09. The zero-order valence-electron chi connectivity index (χ0n) is 8.43. The minimum Gasteiger partial charge on any atom is -0.332 e. The highest BCUT2D eigenvalue weighted by Gasteiger charge is 2.18. The Balaban J connectivity index is 2.21.